The van der Waals surface area contributed by atoms with Gasteiger partial charge in [-0.15, -0.1) is 11.3 Å². The predicted molar refractivity (Wildman–Crippen MR) is 104 cm³/mol. The highest BCUT2D eigenvalue weighted by atomic mass is 32.2. The number of thioether (sulfide) groups is 1. The molecule has 1 aliphatic heterocycles. The van der Waals surface area contributed by atoms with Crippen LogP contribution in [0.25, 0.3) is 10.2 Å². The van der Waals surface area contributed by atoms with E-state index in [1.165, 1.54) is 37.7 Å². The Bertz CT molecular complexity index is 949. The summed E-state index contributed by atoms with van der Waals surface area (Å²) in [7, 11) is 1.33. The summed E-state index contributed by atoms with van der Waals surface area (Å²) in [6, 6.07) is 0.853. The zero-order valence-corrected chi connectivity index (χ0v) is 16.3. The molecule has 2 aliphatic rings. The summed E-state index contributed by atoms with van der Waals surface area (Å²) in [5, 5.41) is 4.88. The van der Waals surface area contributed by atoms with Gasteiger partial charge in [-0.25, -0.2) is 9.78 Å². The summed E-state index contributed by atoms with van der Waals surface area (Å²) in [6.45, 7) is 1.75. The van der Waals surface area contributed by atoms with Crippen LogP contribution in [-0.2, 0) is 10.5 Å². The molecule has 1 fully saturated rings. The lowest BCUT2D eigenvalue weighted by Gasteiger charge is -2.23. The molecular weight excluding hydrogens is 372 g/mol. The number of fused-ring (bicyclic) bond motifs is 2. The Morgan fingerprint density at radius 3 is 2.96 bits per heavy atom. The maximum Gasteiger partial charge on any atom is 0.348 e. The molecule has 9 heteroatoms. The average molecular weight is 393 g/mol. The summed E-state index contributed by atoms with van der Waals surface area (Å²) in [5.41, 5.74) is 0.403. The zero-order chi connectivity index (χ0) is 18.3. The van der Waals surface area contributed by atoms with Crippen LogP contribution in [0.2, 0.25) is 0 Å². The number of carbonyl (C=O) groups is 1. The third-order valence-corrected chi connectivity index (χ3v) is 6.97. The van der Waals surface area contributed by atoms with Crippen molar-refractivity contribution < 1.29 is 9.53 Å². The fraction of sp³-hybridized carbons (Fsp3) is 0.529. The predicted octanol–water partition coefficient (Wildman–Crippen LogP) is 2.58. The second-order valence-corrected chi connectivity index (χ2v) is 8.53. The molecule has 4 rings (SSSR count). The summed E-state index contributed by atoms with van der Waals surface area (Å²) in [4.78, 5) is 37.4. The van der Waals surface area contributed by atoms with Crippen molar-refractivity contribution in [1.29, 1.82) is 0 Å². The molecule has 0 bridgehead atoms. The Kier molecular flexibility index (Phi) is 4.74. The number of carbonyl (C=O) groups excluding carboxylic acids is 1. The van der Waals surface area contributed by atoms with E-state index in [2.05, 4.69) is 15.3 Å². The van der Waals surface area contributed by atoms with Gasteiger partial charge < -0.3 is 15.0 Å². The highest BCUT2D eigenvalue weighted by Gasteiger charge is 2.30. The first-order valence-corrected chi connectivity index (χ1v) is 10.4. The number of esters is 1. The third kappa shape index (κ3) is 3.14. The van der Waals surface area contributed by atoms with Gasteiger partial charge in [0.05, 0.1) is 30.3 Å². The molecular formula is C17H20N4O3S2. The number of nitrogens with zero attached hydrogens (tertiary/aromatic N) is 2. The standard InChI is InChI=1S/C17H20N4O3S2/c1-8-12-14(22)20-11(21-15(12)26-13(8)16(23)24-2)7-25-17-18-9-5-3-4-6-10(9)19-17/h9-10H,3-7H2,1-2H3,(H,18,19)(H,20,21,22)/t9-,10-/m0/s1. The summed E-state index contributed by atoms with van der Waals surface area (Å²) < 4.78 is 4.78. The number of nitrogens with one attached hydrogen (secondary N) is 2. The second-order valence-electron chi connectivity index (χ2n) is 6.57. The van der Waals surface area contributed by atoms with Crippen LogP contribution in [0.4, 0.5) is 0 Å². The lowest BCUT2D eigenvalue weighted by Crippen LogP contribution is -2.36. The normalized spacial score (nSPS) is 22.0. The van der Waals surface area contributed by atoms with Gasteiger partial charge in [0.1, 0.15) is 15.5 Å². The van der Waals surface area contributed by atoms with E-state index < -0.39 is 5.97 Å². The number of methoxy groups -OCH3 is 1. The molecule has 0 amide bonds. The average Bonchev–Trinajstić information content (AvgIpc) is 3.20. The lowest BCUT2D eigenvalue weighted by molar-refractivity contribution is 0.0605. The summed E-state index contributed by atoms with van der Waals surface area (Å²) in [5.74, 6) is 0.679. The Morgan fingerprint density at radius 2 is 2.19 bits per heavy atom. The number of aromatic amines is 1. The Balaban J connectivity index is 1.54. The van der Waals surface area contributed by atoms with Gasteiger partial charge in [-0.3, -0.25) is 9.79 Å². The molecule has 2 atom stereocenters. The van der Waals surface area contributed by atoms with Crippen LogP contribution >= 0.6 is 23.1 Å². The van der Waals surface area contributed by atoms with Crippen LogP contribution in [0.1, 0.15) is 46.7 Å². The highest BCUT2D eigenvalue weighted by Crippen LogP contribution is 2.29. The number of hydrogen-bond acceptors (Lipinski definition) is 8. The van der Waals surface area contributed by atoms with E-state index in [1.54, 1.807) is 18.7 Å². The van der Waals surface area contributed by atoms with Crippen molar-refractivity contribution in [2.75, 3.05) is 7.11 Å². The fourth-order valence-electron chi connectivity index (χ4n) is 3.54. The largest absolute Gasteiger partial charge is 0.465 e. The minimum Gasteiger partial charge on any atom is -0.465 e. The molecule has 0 saturated heterocycles. The van der Waals surface area contributed by atoms with Crippen LogP contribution in [0.5, 0.6) is 0 Å². The third-order valence-electron chi connectivity index (χ3n) is 4.89. The van der Waals surface area contributed by atoms with Crippen LogP contribution in [0.15, 0.2) is 9.79 Å². The number of H-pyrrole nitrogens is 1. The van der Waals surface area contributed by atoms with Crippen LogP contribution in [-0.4, -0.2) is 40.3 Å². The first-order chi connectivity index (χ1) is 12.6. The Labute approximate surface area is 158 Å². The van der Waals surface area contributed by atoms with Gasteiger partial charge in [-0.1, -0.05) is 24.6 Å². The van der Waals surface area contributed by atoms with Crippen molar-refractivity contribution in [3.8, 4) is 0 Å². The first-order valence-electron chi connectivity index (χ1n) is 8.64. The van der Waals surface area contributed by atoms with Gasteiger partial charge in [0, 0.05) is 0 Å². The van der Waals surface area contributed by atoms with E-state index in [4.69, 9.17) is 9.73 Å². The molecule has 3 heterocycles. The van der Waals surface area contributed by atoms with Gasteiger partial charge in [0.2, 0.25) is 0 Å². The molecule has 2 N–H and O–H groups in total. The first kappa shape index (κ1) is 17.5. The summed E-state index contributed by atoms with van der Waals surface area (Å²) in [6.07, 6.45) is 4.82. The molecule has 0 spiro atoms. The van der Waals surface area contributed by atoms with E-state index in [-0.39, 0.29) is 5.56 Å². The van der Waals surface area contributed by atoms with Gasteiger partial charge >= 0.3 is 5.97 Å². The molecule has 0 unspecified atom stereocenters. The van der Waals surface area contributed by atoms with Crippen LogP contribution in [0.3, 0.4) is 0 Å². The van der Waals surface area contributed by atoms with E-state index >= 15 is 0 Å². The lowest BCUT2D eigenvalue weighted by atomic mass is 9.92. The Morgan fingerprint density at radius 1 is 1.38 bits per heavy atom. The quantitative estimate of drug-likeness (QED) is 0.780. The maximum absolute atomic E-state index is 12.4. The van der Waals surface area contributed by atoms with Crippen molar-refractivity contribution in [2.24, 2.45) is 4.99 Å². The fourth-order valence-corrected chi connectivity index (χ4v) is 5.51. The Hall–Kier alpha value is -1.87. The van der Waals surface area contributed by atoms with Crippen molar-refractivity contribution in [2.45, 2.75) is 50.4 Å². The van der Waals surface area contributed by atoms with E-state index in [0.717, 1.165) is 11.6 Å². The molecule has 0 radical (unpaired) electrons. The number of aliphatic imine (C=N–C) groups is 1. The smallest absolute Gasteiger partial charge is 0.348 e. The maximum atomic E-state index is 12.4. The van der Waals surface area contributed by atoms with Crippen molar-refractivity contribution in [3.63, 3.8) is 0 Å². The molecule has 138 valence electrons. The van der Waals surface area contributed by atoms with E-state index in [1.807, 2.05) is 0 Å². The molecule has 7 nitrogen and oxygen atoms in total. The zero-order valence-electron chi connectivity index (χ0n) is 14.6. The number of amidine groups is 1. The second kappa shape index (κ2) is 7.03. The van der Waals surface area contributed by atoms with Gasteiger partial charge in [0.25, 0.3) is 5.56 Å². The van der Waals surface area contributed by atoms with Crippen LogP contribution in [0, 0.1) is 6.92 Å². The minimum absolute atomic E-state index is 0.218. The molecule has 2 aromatic heterocycles. The monoisotopic (exact) mass is 392 g/mol. The molecule has 1 saturated carbocycles. The van der Waals surface area contributed by atoms with E-state index in [9.17, 15) is 9.59 Å². The highest BCUT2D eigenvalue weighted by molar-refractivity contribution is 8.13. The van der Waals surface area contributed by atoms with Gasteiger partial charge in [-0.05, 0) is 25.3 Å². The number of aryl methyl sites for hydroxylation is 1. The van der Waals surface area contributed by atoms with Crippen molar-refractivity contribution in [1.82, 2.24) is 15.3 Å². The molecule has 0 aromatic carbocycles. The number of thiophene rings is 1. The van der Waals surface area contributed by atoms with Crippen LogP contribution < -0.4 is 10.9 Å². The number of ether oxygens (including phenoxy) is 1. The topological polar surface area (TPSA) is 96.4 Å². The number of rotatable bonds is 3. The van der Waals surface area contributed by atoms with Crippen molar-refractivity contribution >= 4 is 44.5 Å². The van der Waals surface area contributed by atoms with Gasteiger partial charge in [0.15, 0.2) is 5.17 Å². The molecule has 2 aromatic rings. The number of hydrogen-bond donors (Lipinski definition) is 2. The van der Waals surface area contributed by atoms with Crippen molar-refractivity contribution in [3.05, 3.63) is 26.6 Å². The van der Waals surface area contributed by atoms with Gasteiger partial charge in [-0.2, -0.15) is 0 Å². The number of aromatic nitrogens is 2. The van der Waals surface area contributed by atoms with E-state index in [0.29, 0.717) is 44.3 Å². The summed E-state index contributed by atoms with van der Waals surface area (Å²) >= 11 is 2.76. The SMILES string of the molecule is COC(=O)c1sc2nc(CSC3=N[C@H]4CCCC[C@@H]4N3)[nH]c(=O)c2c1C. The molecule has 1 aliphatic carbocycles. The molecule has 26 heavy (non-hydrogen) atoms. The minimum atomic E-state index is -0.437.